The molecule has 0 aliphatic heterocycles. The van der Waals surface area contributed by atoms with Gasteiger partial charge in [0.15, 0.2) is 6.61 Å². The Balaban J connectivity index is 1.97. The van der Waals surface area contributed by atoms with E-state index in [1.807, 2.05) is 24.3 Å². The van der Waals surface area contributed by atoms with Gasteiger partial charge in [0.25, 0.3) is 5.91 Å². The van der Waals surface area contributed by atoms with Crippen LogP contribution >= 0.6 is 31.9 Å². The van der Waals surface area contributed by atoms with E-state index in [-0.39, 0.29) is 17.8 Å². The first-order valence-corrected chi connectivity index (χ1v) is 9.49. The van der Waals surface area contributed by atoms with Crippen LogP contribution in [0.3, 0.4) is 0 Å². The lowest BCUT2D eigenvalue weighted by molar-refractivity contribution is -0.123. The van der Waals surface area contributed by atoms with Crippen molar-refractivity contribution in [3.05, 3.63) is 56.5 Å². The van der Waals surface area contributed by atoms with Gasteiger partial charge in [0, 0.05) is 10.0 Å². The van der Waals surface area contributed by atoms with Gasteiger partial charge in [-0.15, -0.1) is 0 Å². The van der Waals surface area contributed by atoms with Crippen LogP contribution in [0.15, 0.2) is 50.4 Å². The Morgan fingerprint density at radius 1 is 1.27 bits per heavy atom. The molecule has 5 nitrogen and oxygen atoms in total. The van der Waals surface area contributed by atoms with Crippen molar-refractivity contribution in [1.82, 2.24) is 5.43 Å². The first-order chi connectivity index (χ1) is 12.2. The van der Waals surface area contributed by atoms with E-state index < -0.39 is 5.91 Å². The second kappa shape index (κ2) is 8.68. The molecule has 0 spiro atoms. The number of aromatic hydroxyl groups is 1. The molecule has 2 aromatic carbocycles. The summed E-state index contributed by atoms with van der Waals surface area (Å²) in [6, 6.07) is 11.0. The molecule has 138 valence electrons. The number of hydrazone groups is 1. The molecule has 1 amide bonds. The molecule has 0 saturated carbocycles. The van der Waals surface area contributed by atoms with Crippen molar-refractivity contribution in [2.24, 2.45) is 5.10 Å². The van der Waals surface area contributed by atoms with Crippen molar-refractivity contribution in [3.63, 3.8) is 0 Å². The third kappa shape index (κ3) is 5.57. The topological polar surface area (TPSA) is 70.9 Å². The molecule has 0 aromatic heterocycles. The lowest BCUT2D eigenvalue weighted by Crippen LogP contribution is -2.25. The summed E-state index contributed by atoms with van der Waals surface area (Å²) in [5.41, 5.74) is 3.79. The number of nitrogens with one attached hydrogen (secondary N) is 1. The number of benzene rings is 2. The molecule has 0 bridgehead atoms. The smallest absolute Gasteiger partial charge is 0.277 e. The highest BCUT2D eigenvalue weighted by Gasteiger charge is 2.18. The summed E-state index contributed by atoms with van der Waals surface area (Å²) in [7, 11) is 0. The highest BCUT2D eigenvalue weighted by molar-refractivity contribution is 9.11. The minimum Gasteiger partial charge on any atom is -0.506 e. The quantitative estimate of drug-likeness (QED) is 0.476. The number of halogens is 2. The maximum absolute atomic E-state index is 12.0. The molecule has 2 rings (SSSR count). The van der Waals surface area contributed by atoms with Gasteiger partial charge in [-0.1, -0.05) is 54.9 Å². The molecule has 0 unspecified atom stereocenters. The Kier molecular flexibility index (Phi) is 6.83. The number of amides is 1. The average molecular weight is 484 g/mol. The maximum Gasteiger partial charge on any atom is 0.277 e. The van der Waals surface area contributed by atoms with E-state index in [1.165, 1.54) is 6.21 Å². The summed E-state index contributed by atoms with van der Waals surface area (Å²) in [5.74, 6) is 0.327. The average Bonchev–Trinajstić information content (AvgIpc) is 2.56. The summed E-state index contributed by atoms with van der Waals surface area (Å²) < 4.78 is 6.94. The highest BCUT2D eigenvalue weighted by atomic mass is 79.9. The third-order valence-corrected chi connectivity index (χ3v) is 4.57. The summed E-state index contributed by atoms with van der Waals surface area (Å²) in [6.45, 7) is 6.10. The van der Waals surface area contributed by atoms with Gasteiger partial charge in [-0.25, -0.2) is 5.43 Å². The monoisotopic (exact) mass is 482 g/mol. The lowest BCUT2D eigenvalue weighted by atomic mass is 9.86. The molecule has 0 fully saturated rings. The molecule has 7 heteroatoms. The van der Waals surface area contributed by atoms with Crippen LogP contribution in [0.5, 0.6) is 11.5 Å². The van der Waals surface area contributed by atoms with E-state index in [0.717, 1.165) is 10.0 Å². The number of carbonyl (C=O) groups excluding carboxylic acids is 1. The van der Waals surface area contributed by atoms with Crippen LogP contribution < -0.4 is 10.2 Å². The molecule has 0 saturated heterocycles. The Bertz CT molecular complexity index is 830. The fraction of sp³-hybridized carbons (Fsp3) is 0.263. The molecule has 0 aliphatic rings. The Hall–Kier alpha value is -1.86. The van der Waals surface area contributed by atoms with Crippen LogP contribution in [0.1, 0.15) is 31.9 Å². The standard InChI is InChI=1S/C19H20Br2N2O3/c1-19(2,3)14-6-4-5-7-16(14)26-11-17(24)23-22-10-12-8-13(20)9-15(21)18(12)25/h4-10,25H,11H2,1-3H3,(H,23,24)/b22-10+. The summed E-state index contributed by atoms with van der Waals surface area (Å²) in [6.07, 6.45) is 1.37. The van der Waals surface area contributed by atoms with Crippen LogP contribution in [0.2, 0.25) is 0 Å². The van der Waals surface area contributed by atoms with Gasteiger partial charge in [0.2, 0.25) is 0 Å². The van der Waals surface area contributed by atoms with Gasteiger partial charge in [-0.2, -0.15) is 5.10 Å². The minimum atomic E-state index is -0.390. The van der Waals surface area contributed by atoms with Crippen LogP contribution in [-0.2, 0) is 10.2 Å². The lowest BCUT2D eigenvalue weighted by Gasteiger charge is -2.22. The molecule has 0 heterocycles. The van der Waals surface area contributed by atoms with Crippen molar-refractivity contribution < 1.29 is 14.6 Å². The first kappa shape index (κ1) is 20.5. The van der Waals surface area contributed by atoms with Crippen LogP contribution in [-0.4, -0.2) is 23.8 Å². The molecule has 2 aromatic rings. The van der Waals surface area contributed by atoms with Crippen LogP contribution in [0.25, 0.3) is 0 Å². The van der Waals surface area contributed by atoms with Gasteiger partial charge < -0.3 is 9.84 Å². The van der Waals surface area contributed by atoms with E-state index in [2.05, 4.69) is 63.2 Å². The largest absolute Gasteiger partial charge is 0.506 e. The zero-order valence-corrected chi connectivity index (χ0v) is 17.9. The summed E-state index contributed by atoms with van der Waals surface area (Å²) in [5, 5.41) is 13.8. The zero-order chi connectivity index (χ0) is 19.3. The van der Waals surface area contributed by atoms with Gasteiger partial charge in [0.1, 0.15) is 11.5 Å². The number of hydrogen-bond donors (Lipinski definition) is 2. The van der Waals surface area contributed by atoms with Gasteiger partial charge in [0.05, 0.1) is 10.7 Å². The van der Waals surface area contributed by atoms with E-state index >= 15 is 0 Å². The van der Waals surface area contributed by atoms with Crippen molar-refractivity contribution in [1.29, 1.82) is 0 Å². The number of phenolic OH excluding ortho intramolecular Hbond substituents is 1. The van der Waals surface area contributed by atoms with E-state index in [9.17, 15) is 9.90 Å². The molecular formula is C19H20Br2N2O3. The van der Waals surface area contributed by atoms with E-state index in [4.69, 9.17) is 4.74 Å². The van der Waals surface area contributed by atoms with Crippen molar-refractivity contribution in [3.8, 4) is 11.5 Å². The Morgan fingerprint density at radius 2 is 1.96 bits per heavy atom. The van der Waals surface area contributed by atoms with Crippen molar-refractivity contribution in [2.75, 3.05) is 6.61 Å². The van der Waals surface area contributed by atoms with Crippen molar-refractivity contribution in [2.45, 2.75) is 26.2 Å². The second-order valence-electron chi connectivity index (χ2n) is 6.65. The zero-order valence-electron chi connectivity index (χ0n) is 14.7. The number of phenols is 1. The van der Waals surface area contributed by atoms with E-state index in [0.29, 0.717) is 15.8 Å². The predicted molar refractivity (Wildman–Crippen MR) is 110 cm³/mol. The minimum absolute atomic E-state index is 0.0431. The number of ether oxygens (including phenoxy) is 1. The van der Waals surface area contributed by atoms with Crippen molar-refractivity contribution >= 4 is 44.0 Å². The van der Waals surface area contributed by atoms with Crippen LogP contribution in [0.4, 0.5) is 0 Å². The Labute approximate surface area is 169 Å². The Morgan fingerprint density at radius 3 is 2.65 bits per heavy atom. The molecule has 0 aliphatic carbocycles. The SMILES string of the molecule is CC(C)(C)c1ccccc1OCC(=O)N/N=C/c1cc(Br)cc(Br)c1O. The molecule has 0 atom stereocenters. The first-order valence-electron chi connectivity index (χ1n) is 7.90. The van der Waals surface area contributed by atoms with Crippen LogP contribution in [0, 0.1) is 0 Å². The van der Waals surface area contributed by atoms with Gasteiger partial charge in [-0.05, 0) is 45.1 Å². The maximum atomic E-state index is 12.0. The molecule has 0 radical (unpaired) electrons. The van der Waals surface area contributed by atoms with Gasteiger partial charge >= 0.3 is 0 Å². The number of hydrogen-bond acceptors (Lipinski definition) is 4. The normalized spacial score (nSPS) is 11.6. The highest BCUT2D eigenvalue weighted by Crippen LogP contribution is 2.31. The molecular weight excluding hydrogens is 464 g/mol. The third-order valence-electron chi connectivity index (χ3n) is 3.50. The number of rotatable bonds is 5. The predicted octanol–water partition coefficient (Wildman–Crippen LogP) is 4.74. The summed E-state index contributed by atoms with van der Waals surface area (Å²) in [4.78, 5) is 12.0. The fourth-order valence-electron chi connectivity index (χ4n) is 2.25. The number of carbonyl (C=O) groups is 1. The van der Waals surface area contributed by atoms with E-state index in [1.54, 1.807) is 12.1 Å². The summed E-state index contributed by atoms with van der Waals surface area (Å²) >= 11 is 6.57. The number of para-hydroxylation sites is 1. The van der Waals surface area contributed by atoms with Gasteiger partial charge in [-0.3, -0.25) is 4.79 Å². The number of nitrogens with zero attached hydrogens (tertiary/aromatic N) is 1. The molecule has 26 heavy (non-hydrogen) atoms. The fourth-order valence-corrected chi connectivity index (χ4v) is 3.50. The molecule has 2 N–H and O–H groups in total. The second-order valence-corrected chi connectivity index (χ2v) is 8.42.